The Morgan fingerprint density at radius 1 is 1.24 bits per heavy atom. The number of halogens is 1. The van der Waals surface area contributed by atoms with Gasteiger partial charge in [-0.2, -0.15) is 0 Å². The summed E-state index contributed by atoms with van der Waals surface area (Å²) in [6, 6.07) is 3.07. The Morgan fingerprint density at radius 2 is 1.96 bits per heavy atom. The van der Waals surface area contributed by atoms with E-state index in [1.165, 1.54) is 19.9 Å². The van der Waals surface area contributed by atoms with Gasteiger partial charge in [0.25, 0.3) is 0 Å². The van der Waals surface area contributed by atoms with Crippen LogP contribution in [0.5, 0.6) is 0 Å². The number of anilines is 1. The molecule has 0 aliphatic carbocycles. The van der Waals surface area contributed by atoms with E-state index in [0.717, 1.165) is 30.7 Å². The molecule has 0 amide bonds. The Hall–Kier alpha value is -1.49. The molecule has 0 aromatic heterocycles. The van der Waals surface area contributed by atoms with Crippen molar-refractivity contribution in [3.63, 3.8) is 0 Å². The summed E-state index contributed by atoms with van der Waals surface area (Å²) < 4.78 is 66.8. The van der Waals surface area contributed by atoms with Crippen molar-refractivity contribution in [3.05, 3.63) is 35.7 Å². The molecule has 0 spiro atoms. The summed E-state index contributed by atoms with van der Waals surface area (Å²) in [4.78, 5) is -0.257. The van der Waals surface area contributed by atoms with Gasteiger partial charge in [0.1, 0.15) is 5.82 Å². The summed E-state index contributed by atoms with van der Waals surface area (Å²) in [6.07, 6.45) is 2.66. The van der Waals surface area contributed by atoms with Gasteiger partial charge in [-0.25, -0.2) is 25.9 Å². The third-order valence-corrected chi connectivity index (χ3v) is 6.92. The van der Waals surface area contributed by atoms with Crippen LogP contribution in [0.2, 0.25) is 0 Å². The highest BCUT2D eigenvalue weighted by atomic mass is 32.2. The predicted octanol–water partition coefficient (Wildman–Crippen LogP) is 1.17. The Morgan fingerprint density at radius 3 is 2.52 bits per heavy atom. The minimum absolute atomic E-state index is 0.160. The average molecular weight is 391 g/mol. The first kappa shape index (κ1) is 19.8. The van der Waals surface area contributed by atoms with Crippen LogP contribution >= 0.6 is 0 Å². The normalized spacial score (nSPS) is 15.9. The quantitative estimate of drug-likeness (QED) is 0.606. The number of rotatable bonds is 7. The Bertz CT molecular complexity index is 865. The van der Waals surface area contributed by atoms with E-state index in [2.05, 4.69) is 14.8 Å². The van der Waals surface area contributed by atoms with Crippen LogP contribution in [-0.4, -0.2) is 41.7 Å². The highest BCUT2D eigenvalue weighted by molar-refractivity contribution is 7.93. The molecule has 3 N–H and O–H groups in total. The van der Waals surface area contributed by atoms with Gasteiger partial charge in [0.15, 0.2) is 0 Å². The second-order valence-electron chi connectivity index (χ2n) is 5.98. The molecule has 0 bridgehead atoms. The van der Waals surface area contributed by atoms with E-state index < -0.39 is 31.1 Å². The van der Waals surface area contributed by atoms with Crippen molar-refractivity contribution in [2.45, 2.75) is 30.4 Å². The lowest BCUT2D eigenvalue weighted by molar-refractivity contribution is 0.578. The molecule has 1 aromatic carbocycles. The van der Waals surface area contributed by atoms with E-state index in [1.54, 1.807) is 0 Å². The lowest BCUT2D eigenvalue weighted by atomic mass is 10.1. The molecule has 1 aliphatic rings. The second-order valence-corrected chi connectivity index (χ2v) is 9.98. The molecule has 2 rings (SSSR count). The number of benzene rings is 1. The topological polar surface area (TPSA) is 104 Å². The largest absolute Gasteiger partial charge is 0.313 e. The number of hydrogen-bond acceptors (Lipinski definition) is 5. The van der Waals surface area contributed by atoms with E-state index in [9.17, 15) is 21.2 Å². The lowest BCUT2D eigenvalue weighted by Gasteiger charge is -2.15. The van der Waals surface area contributed by atoms with Gasteiger partial charge in [-0.05, 0) is 45.0 Å². The van der Waals surface area contributed by atoms with Crippen molar-refractivity contribution in [1.29, 1.82) is 0 Å². The van der Waals surface area contributed by atoms with Gasteiger partial charge in [0.2, 0.25) is 20.0 Å². The molecular weight excluding hydrogens is 369 g/mol. The van der Waals surface area contributed by atoms with Crippen molar-refractivity contribution in [2.24, 2.45) is 0 Å². The van der Waals surface area contributed by atoms with Crippen LogP contribution in [-0.2, 0) is 20.0 Å². The summed E-state index contributed by atoms with van der Waals surface area (Å²) >= 11 is 0. The number of nitrogens with one attached hydrogen (secondary N) is 3. The standard InChI is InChI=1S/C15H22FN3O4S2/c1-11(2)24(20,21)19-15-4-3-13(9-14(15)16)25(22,23)18-10-12-5-7-17-8-6-12/h3-5,9,11,17-19H,6-8,10H2,1-2H3. The highest BCUT2D eigenvalue weighted by Gasteiger charge is 2.20. The van der Waals surface area contributed by atoms with Crippen molar-refractivity contribution in [2.75, 3.05) is 24.4 Å². The maximum absolute atomic E-state index is 14.1. The molecule has 25 heavy (non-hydrogen) atoms. The molecule has 140 valence electrons. The van der Waals surface area contributed by atoms with Gasteiger partial charge in [0, 0.05) is 13.1 Å². The van der Waals surface area contributed by atoms with Crippen LogP contribution < -0.4 is 14.8 Å². The SMILES string of the molecule is CC(C)S(=O)(=O)Nc1ccc(S(=O)(=O)NCC2=CCNCC2)cc1F. The first-order chi connectivity index (χ1) is 11.6. The molecule has 1 aromatic rings. The van der Waals surface area contributed by atoms with Crippen molar-refractivity contribution < 1.29 is 21.2 Å². The Labute approximate surface area is 147 Å². The molecule has 1 aliphatic heterocycles. The third-order valence-electron chi connectivity index (χ3n) is 3.77. The molecule has 10 heteroatoms. The summed E-state index contributed by atoms with van der Waals surface area (Å²) in [6.45, 7) is 4.55. The second kappa shape index (κ2) is 7.81. The Kier molecular flexibility index (Phi) is 6.20. The van der Waals surface area contributed by atoms with E-state index in [4.69, 9.17) is 0 Å². The fraction of sp³-hybridized carbons (Fsp3) is 0.467. The average Bonchev–Trinajstić information content (AvgIpc) is 2.55. The summed E-state index contributed by atoms with van der Waals surface area (Å²) in [7, 11) is -7.60. The molecular formula is C15H22FN3O4S2. The first-order valence-corrected chi connectivity index (χ1v) is 10.8. The van der Waals surface area contributed by atoms with Gasteiger partial charge in [-0.15, -0.1) is 0 Å². The summed E-state index contributed by atoms with van der Waals surface area (Å²) in [5, 5.41) is 2.38. The molecule has 0 radical (unpaired) electrons. The van der Waals surface area contributed by atoms with E-state index in [0.29, 0.717) is 6.54 Å². The summed E-state index contributed by atoms with van der Waals surface area (Å²) in [5.74, 6) is -0.951. The van der Waals surface area contributed by atoms with Gasteiger partial charge >= 0.3 is 0 Å². The molecule has 0 atom stereocenters. The van der Waals surface area contributed by atoms with Crippen molar-refractivity contribution in [1.82, 2.24) is 10.0 Å². The van der Waals surface area contributed by atoms with Crippen LogP contribution in [0.1, 0.15) is 20.3 Å². The van der Waals surface area contributed by atoms with Crippen LogP contribution in [0.25, 0.3) is 0 Å². The minimum atomic E-state index is -3.89. The van der Waals surface area contributed by atoms with Crippen molar-refractivity contribution >= 4 is 25.7 Å². The van der Waals surface area contributed by atoms with E-state index >= 15 is 0 Å². The van der Waals surface area contributed by atoms with Crippen LogP contribution in [0.3, 0.4) is 0 Å². The predicted molar refractivity (Wildman–Crippen MR) is 94.8 cm³/mol. The maximum Gasteiger partial charge on any atom is 0.240 e. The number of sulfonamides is 2. The third kappa shape index (κ3) is 5.24. The van der Waals surface area contributed by atoms with E-state index in [-0.39, 0.29) is 17.1 Å². The fourth-order valence-electron chi connectivity index (χ4n) is 2.12. The molecule has 0 saturated carbocycles. The van der Waals surface area contributed by atoms with Gasteiger partial charge < -0.3 is 5.32 Å². The van der Waals surface area contributed by atoms with Crippen LogP contribution in [0, 0.1) is 5.82 Å². The van der Waals surface area contributed by atoms with Crippen LogP contribution in [0.4, 0.5) is 10.1 Å². The first-order valence-electron chi connectivity index (χ1n) is 7.81. The molecule has 0 saturated heterocycles. The van der Waals surface area contributed by atoms with Crippen LogP contribution in [0.15, 0.2) is 34.7 Å². The van der Waals surface area contributed by atoms with Gasteiger partial charge in [-0.3, -0.25) is 4.72 Å². The van der Waals surface area contributed by atoms with E-state index in [1.807, 2.05) is 6.08 Å². The zero-order valence-corrected chi connectivity index (χ0v) is 15.7. The monoisotopic (exact) mass is 391 g/mol. The van der Waals surface area contributed by atoms with Crippen molar-refractivity contribution in [3.8, 4) is 0 Å². The minimum Gasteiger partial charge on any atom is -0.313 e. The smallest absolute Gasteiger partial charge is 0.240 e. The Balaban J connectivity index is 2.14. The lowest BCUT2D eigenvalue weighted by Crippen LogP contribution is -2.30. The highest BCUT2D eigenvalue weighted by Crippen LogP contribution is 2.21. The molecule has 0 fully saturated rings. The molecule has 0 unspecified atom stereocenters. The zero-order chi connectivity index (χ0) is 18.7. The van der Waals surface area contributed by atoms with Gasteiger partial charge in [-0.1, -0.05) is 11.6 Å². The molecule has 7 nitrogen and oxygen atoms in total. The number of hydrogen-bond donors (Lipinski definition) is 3. The maximum atomic E-state index is 14.1. The zero-order valence-electron chi connectivity index (χ0n) is 14.0. The fourth-order valence-corrected chi connectivity index (χ4v) is 3.87. The molecule has 1 heterocycles. The summed E-state index contributed by atoms with van der Waals surface area (Å²) in [5.41, 5.74) is 0.679. The van der Waals surface area contributed by atoms with Gasteiger partial charge in [0.05, 0.1) is 15.8 Å².